The van der Waals surface area contributed by atoms with Crippen LogP contribution in [-0.4, -0.2) is 68.9 Å². The number of halogens is 3. The molecule has 3 aromatic heterocycles. The highest BCUT2D eigenvalue weighted by Gasteiger charge is 2.31. The van der Waals surface area contributed by atoms with E-state index in [0.29, 0.717) is 34.7 Å². The van der Waals surface area contributed by atoms with Crippen LogP contribution in [0.25, 0.3) is 22.4 Å². The highest BCUT2D eigenvalue weighted by atomic mass is 19.4. The number of nitrogens with zero attached hydrogens (tertiary/aromatic N) is 5. The van der Waals surface area contributed by atoms with Gasteiger partial charge < -0.3 is 19.9 Å². The van der Waals surface area contributed by atoms with Crippen LogP contribution < -0.4 is 10.1 Å². The quantitative estimate of drug-likeness (QED) is 0.247. The SMILES string of the molecule is CN1CCN(Cc2cc(NC(=O)c3cccc(Oc4nc(-c5ccncc5)nc5cc[nH]c45)c3)cc(C(F)(F)F)c2)CC1. The van der Waals surface area contributed by atoms with Crippen molar-refractivity contribution in [3.8, 4) is 23.0 Å². The molecular formula is C31H28F3N7O2. The number of nitrogens with one attached hydrogen (secondary N) is 2. The molecule has 1 fully saturated rings. The lowest BCUT2D eigenvalue weighted by molar-refractivity contribution is -0.137. The summed E-state index contributed by atoms with van der Waals surface area (Å²) in [5, 5.41) is 2.64. The number of pyridine rings is 1. The first-order valence-corrected chi connectivity index (χ1v) is 13.7. The summed E-state index contributed by atoms with van der Waals surface area (Å²) in [6.07, 6.45) is 0.450. The first kappa shape index (κ1) is 28.3. The summed E-state index contributed by atoms with van der Waals surface area (Å²) < 4.78 is 47.4. The van der Waals surface area contributed by atoms with Gasteiger partial charge in [0, 0.05) is 68.1 Å². The van der Waals surface area contributed by atoms with Crippen molar-refractivity contribution in [1.82, 2.24) is 29.7 Å². The molecule has 12 heteroatoms. The Bertz CT molecular complexity index is 1750. The van der Waals surface area contributed by atoms with E-state index >= 15 is 0 Å². The molecule has 2 aromatic carbocycles. The second-order valence-corrected chi connectivity index (χ2v) is 10.4. The lowest BCUT2D eigenvalue weighted by Crippen LogP contribution is -2.43. The third-order valence-electron chi connectivity index (χ3n) is 7.20. The molecule has 0 aliphatic carbocycles. The van der Waals surface area contributed by atoms with Crippen LogP contribution in [0, 0.1) is 0 Å². The van der Waals surface area contributed by atoms with Crippen molar-refractivity contribution in [2.75, 3.05) is 38.5 Å². The van der Waals surface area contributed by atoms with E-state index < -0.39 is 17.6 Å². The number of piperazine rings is 1. The van der Waals surface area contributed by atoms with Crippen LogP contribution in [0.3, 0.4) is 0 Å². The van der Waals surface area contributed by atoms with Gasteiger partial charge in [0.05, 0.1) is 11.1 Å². The fourth-order valence-corrected chi connectivity index (χ4v) is 4.92. The number of hydrogen-bond acceptors (Lipinski definition) is 7. The molecule has 4 heterocycles. The Balaban J connectivity index is 1.23. The molecule has 2 N–H and O–H groups in total. The maximum Gasteiger partial charge on any atom is 0.416 e. The number of amides is 1. The summed E-state index contributed by atoms with van der Waals surface area (Å²) in [4.78, 5) is 33.8. The maximum absolute atomic E-state index is 13.8. The van der Waals surface area contributed by atoms with Gasteiger partial charge in [-0.3, -0.25) is 14.7 Å². The van der Waals surface area contributed by atoms with E-state index in [1.165, 1.54) is 6.07 Å². The molecular weight excluding hydrogens is 559 g/mol. The third kappa shape index (κ3) is 6.65. The van der Waals surface area contributed by atoms with E-state index in [0.717, 1.165) is 43.9 Å². The third-order valence-corrected chi connectivity index (χ3v) is 7.20. The van der Waals surface area contributed by atoms with E-state index in [2.05, 4.69) is 35.1 Å². The summed E-state index contributed by atoms with van der Waals surface area (Å²) in [6, 6.07) is 15.4. The van der Waals surface area contributed by atoms with Gasteiger partial charge in [0.1, 0.15) is 11.3 Å². The van der Waals surface area contributed by atoms with Crippen molar-refractivity contribution in [1.29, 1.82) is 0 Å². The molecule has 0 atom stereocenters. The van der Waals surface area contributed by atoms with Gasteiger partial charge in [0.15, 0.2) is 5.82 Å². The molecule has 6 rings (SSSR count). The van der Waals surface area contributed by atoms with Crippen molar-refractivity contribution in [2.45, 2.75) is 12.7 Å². The Kier molecular flexibility index (Phi) is 7.78. The zero-order chi connectivity index (χ0) is 30.0. The van der Waals surface area contributed by atoms with Gasteiger partial charge in [-0.05, 0) is 67.2 Å². The van der Waals surface area contributed by atoms with Crippen molar-refractivity contribution in [3.05, 3.63) is 95.9 Å². The Hall–Kier alpha value is -4.81. The van der Waals surface area contributed by atoms with Crippen LogP contribution in [0.1, 0.15) is 21.5 Å². The van der Waals surface area contributed by atoms with Gasteiger partial charge in [-0.2, -0.15) is 18.2 Å². The van der Waals surface area contributed by atoms with Gasteiger partial charge in [-0.25, -0.2) is 4.98 Å². The van der Waals surface area contributed by atoms with Crippen LogP contribution >= 0.6 is 0 Å². The minimum atomic E-state index is -4.55. The number of hydrogen-bond donors (Lipinski definition) is 2. The number of aromatic nitrogens is 4. The Morgan fingerprint density at radius 3 is 2.56 bits per heavy atom. The summed E-state index contributed by atoms with van der Waals surface area (Å²) in [6.45, 7) is 3.56. The van der Waals surface area contributed by atoms with Crippen molar-refractivity contribution < 1.29 is 22.7 Å². The fourth-order valence-electron chi connectivity index (χ4n) is 4.92. The number of rotatable bonds is 7. The fraction of sp³-hybridized carbons (Fsp3) is 0.226. The molecule has 1 aliphatic heterocycles. The number of alkyl halides is 3. The summed E-state index contributed by atoms with van der Waals surface area (Å²) >= 11 is 0. The van der Waals surface area contributed by atoms with Crippen LogP contribution in [0.5, 0.6) is 11.6 Å². The lowest BCUT2D eigenvalue weighted by Gasteiger charge is -2.32. The molecule has 220 valence electrons. The number of H-pyrrole nitrogens is 1. The second kappa shape index (κ2) is 11.8. The highest BCUT2D eigenvalue weighted by Crippen LogP contribution is 2.33. The van der Waals surface area contributed by atoms with Crippen molar-refractivity contribution in [3.63, 3.8) is 0 Å². The standard InChI is InChI=1S/C31H28F3N7O2/c1-40-11-13-41(14-12-40)19-20-15-23(31(32,33)34)18-24(16-20)37-29(42)22-3-2-4-25(17-22)43-30-27-26(7-10-36-27)38-28(39-30)21-5-8-35-9-6-21/h2-10,15-18,36H,11-14,19H2,1H3,(H,37,42). The van der Waals surface area contributed by atoms with E-state index in [-0.39, 0.29) is 17.1 Å². The molecule has 5 aromatic rings. The maximum atomic E-state index is 13.8. The zero-order valence-electron chi connectivity index (χ0n) is 23.2. The number of aromatic amines is 1. The normalized spacial score (nSPS) is 14.6. The predicted octanol–water partition coefficient (Wildman–Crippen LogP) is 5.83. The predicted molar refractivity (Wildman–Crippen MR) is 156 cm³/mol. The molecule has 0 unspecified atom stereocenters. The zero-order valence-corrected chi connectivity index (χ0v) is 23.2. The lowest BCUT2D eigenvalue weighted by atomic mass is 10.1. The minimum Gasteiger partial charge on any atom is -0.437 e. The molecule has 1 amide bonds. The average Bonchev–Trinajstić information content (AvgIpc) is 3.48. The summed E-state index contributed by atoms with van der Waals surface area (Å²) in [7, 11) is 2.02. The molecule has 9 nitrogen and oxygen atoms in total. The van der Waals surface area contributed by atoms with Gasteiger partial charge in [-0.15, -0.1) is 0 Å². The number of fused-ring (bicyclic) bond motifs is 1. The van der Waals surface area contributed by atoms with Crippen LogP contribution in [0.2, 0.25) is 0 Å². The van der Waals surface area contributed by atoms with Gasteiger partial charge >= 0.3 is 6.18 Å². The number of benzene rings is 2. The Morgan fingerprint density at radius 1 is 1.00 bits per heavy atom. The average molecular weight is 588 g/mol. The Labute approximate surface area is 245 Å². The van der Waals surface area contributed by atoms with E-state index in [1.807, 2.05) is 7.05 Å². The number of ether oxygens (including phenoxy) is 1. The van der Waals surface area contributed by atoms with Gasteiger partial charge in [0.25, 0.3) is 5.91 Å². The second-order valence-electron chi connectivity index (χ2n) is 10.4. The minimum absolute atomic E-state index is 0.0705. The molecule has 0 spiro atoms. The molecule has 0 bridgehead atoms. The van der Waals surface area contributed by atoms with Crippen LogP contribution in [0.15, 0.2) is 79.3 Å². The van der Waals surface area contributed by atoms with Crippen molar-refractivity contribution >= 4 is 22.6 Å². The molecule has 1 aliphatic rings. The number of carbonyl (C=O) groups excluding carboxylic acids is 1. The smallest absolute Gasteiger partial charge is 0.416 e. The molecule has 43 heavy (non-hydrogen) atoms. The summed E-state index contributed by atoms with van der Waals surface area (Å²) in [5.41, 5.74) is 1.92. The highest BCUT2D eigenvalue weighted by molar-refractivity contribution is 6.04. The number of carbonyl (C=O) groups is 1. The Morgan fingerprint density at radius 2 is 1.79 bits per heavy atom. The van der Waals surface area contributed by atoms with Crippen LogP contribution in [0.4, 0.5) is 18.9 Å². The van der Waals surface area contributed by atoms with Crippen LogP contribution in [-0.2, 0) is 12.7 Å². The molecule has 0 saturated carbocycles. The summed E-state index contributed by atoms with van der Waals surface area (Å²) in [5.74, 6) is 0.448. The largest absolute Gasteiger partial charge is 0.437 e. The molecule has 0 radical (unpaired) electrons. The first-order valence-electron chi connectivity index (χ1n) is 13.7. The van der Waals surface area contributed by atoms with Crippen molar-refractivity contribution in [2.24, 2.45) is 0 Å². The van der Waals surface area contributed by atoms with Gasteiger partial charge in [0.2, 0.25) is 5.88 Å². The number of likely N-dealkylation sites (N-methyl/N-ethyl adjacent to an activating group) is 1. The van der Waals surface area contributed by atoms with Gasteiger partial charge in [-0.1, -0.05) is 6.07 Å². The first-order chi connectivity index (χ1) is 20.7. The van der Waals surface area contributed by atoms with E-state index in [4.69, 9.17) is 4.74 Å². The van der Waals surface area contributed by atoms with E-state index in [9.17, 15) is 18.0 Å². The monoisotopic (exact) mass is 587 g/mol. The molecule has 1 saturated heterocycles. The number of anilines is 1. The van der Waals surface area contributed by atoms with E-state index in [1.54, 1.807) is 61.1 Å². The topological polar surface area (TPSA) is 99.3 Å².